The number of sulfonamides is 1. The SMILES string of the molecule is CC[C@H](NC(=O)[C@H]1CN(S(C)(=O)=O)c2cc(Cl)ccc2O1)c1ccc(C)c(C)c1. The maximum absolute atomic E-state index is 13.0. The quantitative estimate of drug-likeness (QED) is 0.774. The molecule has 0 fully saturated rings. The summed E-state index contributed by atoms with van der Waals surface area (Å²) in [5, 5.41) is 3.40. The lowest BCUT2D eigenvalue weighted by molar-refractivity contribution is -0.128. The minimum atomic E-state index is -3.60. The Morgan fingerprint density at radius 1 is 1.24 bits per heavy atom. The second-order valence-electron chi connectivity index (χ2n) is 7.33. The van der Waals surface area contributed by atoms with E-state index in [1.54, 1.807) is 12.1 Å². The molecule has 0 radical (unpaired) electrons. The van der Waals surface area contributed by atoms with Crippen molar-refractivity contribution in [2.45, 2.75) is 39.3 Å². The Hall–Kier alpha value is -2.25. The second-order valence-corrected chi connectivity index (χ2v) is 9.67. The Kier molecular flexibility index (Phi) is 6.10. The van der Waals surface area contributed by atoms with Gasteiger partial charge in [0, 0.05) is 5.02 Å². The van der Waals surface area contributed by atoms with Crippen LogP contribution in [0.3, 0.4) is 0 Å². The molecule has 1 aliphatic heterocycles. The summed E-state index contributed by atoms with van der Waals surface area (Å²) >= 11 is 6.01. The van der Waals surface area contributed by atoms with Crippen molar-refractivity contribution in [1.82, 2.24) is 5.32 Å². The molecule has 3 rings (SSSR count). The fourth-order valence-electron chi connectivity index (χ4n) is 3.34. The highest BCUT2D eigenvalue weighted by Crippen LogP contribution is 2.37. The Morgan fingerprint density at radius 3 is 2.59 bits per heavy atom. The maximum Gasteiger partial charge on any atom is 0.263 e. The third kappa shape index (κ3) is 4.67. The van der Waals surface area contributed by atoms with Gasteiger partial charge in [-0.05, 0) is 55.2 Å². The molecule has 2 aromatic carbocycles. The van der Waals surface area contributed by atoms with E-state index in [-0.39, 0.29) is 18.5 Å². The van der Waals surface area contributed by atoms with Crippen LogP contribution in [0.2, 0.25) is 5.02 Å². The Bertz CT molecular complexity index is 1040. The Labute approximate surface area is 176 Å². The zero-order valence-corrected chi connectivity index (χ0v) is 18.5. The van der Waals surface area contributed by atoms with Crippen LogP contribution in [-0.2, 0) is 14.8 Å². The first-order valence-electron chi connectivity index (χ1n) is 9.41. The van der Waals surface area contributed by atoms with Gasteiger partial charge in [-0.3, -0.25) is 9.10 Å². The van der Waals surface area contributed by atoms with Crippen molar-refractivity contribution in [3.8, 4) is 5.75 Å². The molecule has 8 heteroatoms. The molecule has 0 aromatic heterocycles. The lowest BCUT2D eigenvalue weighted by atomic mass is 9.99. The number of carbonyl (C=O) groups excluding carboxylic acids is 1. The van der Waals surface area contributed by atoms with Crippen molar-refractivity contribution < 1.29 is 17.9 Å². The van der Waals surface area contributed by atoms with Gasteiger partial charge in [-0.25, -0.2) is 8.42 Å². The number of anilines is 1. The molecule has 0 saturated carbocycles. The molecule has 1 heterocycles. The van der Waals surface area contributed by atoms with Crippen LogP contribution < -0.4 is 14.4 Å². The normalized spacial score (nSPS) is 17.3. The maximum atomic E-state index is 13.0. The average Bonchev–Trinajstić information content (AvgIpc) is 2.66. The first-order chi connectivity index (χ1) is 13.6. The number of halogens is 1. The number of amides is 1. The zero-order valence-electron chi connectivity index (χ0n) is 16.9. The minimum Gasteiger partial charge on any atom is -0.476 e. The summed E-state index contributed by atoms with van der Waals surface area (Å²) in [6.07, 6.45) is 0.837. The summed E-state index contributed by atoms with van der Waals surface area (Å²) in [7, 11) is -3.60. The molecule has 1 amide bonds. The zero-order chi connectivity index (χ0) is 21.3. The number of benzene rings is 2. The van der Waals surface area contributed by atoms with Gasteiger partial charge in [0.05, 0.1) is 24.5 Å². The summed E-state index contributed by atoms with van der Waals surface area (Å²) in [5.41, 5.74) is 3.68. The predicted molar refractivity (Wildman–Crippen MR) is 115 cm³/mol. The average molecular weight is 437 g/mol. The van der Waals surface area contributed by atoms with Crippen LogP contribution in [0.25, 0.3) is 0 Å². The number of fused-ring (bicyclic) bond motifs is 1. The van der Waals surface area contributed by atoms with Crippen LogP contribution in [-0.4, -0.2) is 33.2 Å². The highest BCUT2D eigenvalue weighted by molar-refractivity contribution is 7.92. The fourth-order valence-corrected chi connectivity index (χ4v) is 4.41. The number of ether oxygens (including phenoxy) is 1. The van der Waals surface area contributed by atoms with Gasteiger partial charge in [-0.1, -0.05) is 36.7 Å². The van der Waals surface area contributed by atoms with Gasteiger partial charge in [0.2, 0.25) is 10.0 Å². The lowest BCUT2D eigenvalue weighted by Crippen LogP contribution is -2.51. The molecule has 0 saturated heterocycles. The predicted octanol–water partition coefficient (Wildman–Crippen LogP) is 3.75. The lowest BCUT2D eigenvalue weighted by Gasteiger charge is -2.34. The van der Waals surface area contributed by atoms with E-state index in [1.165, 1.54) is 15.9 Å². The summed E-state index contributed by atoms with van der Waals surface area (Å²) in [5.74, 6) is -0.0465. The van der Waals surface area contributed by atoms with Gasteiger partial charge in [0.1, 0.15) is 5.75 Å². The van der Waals surface area contributed by atoms with E-state index >= 15 is 0 Å². The number of hydrogen-bond donors (Lipinski definition) is 1. The van der Waals surface area contributed by atoms with Crippen molar-refractivity contribution >= 4 is 33.2 Å². The summed E-state index contributed by atoms with van der Waals surface area (Å²) < 4.78 is 31.6. The number of rotatable bonds is 5. The summed E-state index contributed by atoms with van der Waals surface area (Å²) in [6, 6.07) is 10.6. The monoisotopic (exact) mass is 436 g/mol. The Morgan fingerprint density at radius 2 is 1.97 bits per heavy atom. The van der Waals surface area contributed by atoms with Gasteiger partial charge in [-0.15, -0.1) is 0 Å². The van der Waals surface area contributed by atoms with Crippen LogP contribution in [0.5, 0.6) is 5.75 Å². The number of hydrogen-bond acceptors (Lipinski definition) is 4. The summed E-state index contributed by atoms with van der Waals surface area (Å²) in [6.45, 7) is 5.95. The van der Waals surface area contributed by atoms with Crippen LogP contribution >= 0.6 is 11.6 Å². The number of carbonyl (C=O) groups is 1. The molecule has 1 aliphatic rings. The van der Waals surface area contributed by atoms with Crippen molar-refractivity contribution in [1.29, 1.82) is 0 Å². The molecule has 2 aromatic rings. The summed E-state index contributed by atoms with van der Waals surface area (Å²) in [4.78, 5) is 13.0. The standard InChI is InChI=1S/C21H25ClN2O4S/c1-5-17(15-7-6-13(2)14(3)10-15)23-21(25)20-12-24(29(4,26)27)18-11-16(22)8-9-19(18)28-20/h6-11,17,20H,5,12H2,1-4H3,(H,23,25)/t17-,20+/m0/s1. The van der Waals surface area contributed by atoms with Crippen LogP contribution in [0.4, 0.5) is 5.69 Å². The molecule has 0 spiro atoms. The molecule has 2 atom stereocenters. The highest BCUT2D eigenvalue weighted by Gasteiger charge is 2.35. The van der Waals surface area contributed by atoms with Crippen molar-refractivity contribution in [3.63, 3.8) is 0 Å². The topological polar surface area (TPSA) is 75.7 Å². The van der Waals surface area contributed by atoms with E-state index in [0.29, 0.717) is 22.9 Å². The number of nitrogens with zero attached hydrogens (tertiary/aromatic N) is 1. The molecule has 6 nitrogen and oxygen atoms in total. The Balaban J connectivity index is 1.85. The van der Waals surface area contributed by atoms with Gasteiger partial charge in [0.15, 0.2) is 6.10 Å². The van der Waals surface area contributed by atoms with Crippen LogP contribution in [0.1, 0.15) is 36.1 Å². The molecule has 0 aliphatic carbocycles. The second kappa shape index (κ2) is 8.24. The van der Waals surface area contributed by atoms with Crippen LogP contribution in [0, 0.1) is 13.8 Å². The van der Waals surface area contributed by atoms with E-state index in [2.05, 4.69) is 11.4 Å². The number of nitrogens with one attached hydrogen (secondary N) is 1. The van der Waals surface area contributed by atoms with E-state index in [9.17, 15) is 13.2 Å². The molecule has 0 unspecified atom stereocenters. The molecular weight excluding hydrogens is 412 g/mol. The first-order valence-corrected chi connectivity index (χ1v) is 11.6. The minimum absolute atomic E-state index is 0.110. The van der Waals surface area contributed by atoms with Crippen molar-refractivity contribution in [2.24, 2.45) is 0 Å². The first kappa shape index (κ1) is 21.5. The van der Waals surface area contributed by atoms with Crippen molar-refractivity contribution in [3.05, 3.63) is 58.1 Å². The molecule has 0 bridgehead atoms. The van der Waals surface area contributed by atoms with E-state index in [1.807, 2.05) is 32.9 Å². The van der Waals surface area contributed by atoms with E-state index in [4.69, 9.17) is 16.3 Å². The van der Waals surface area contributed by atoms with E-state index < -0.39 is 16.1 Å². The molecule has 1 N–H and O–H groups in total. The highest BCUT2D eigenvalue weighted by atomic mass is 35.5. The largest absolute Gasteiger partial charge is 0.476 e. The van der Waals surface area contributed by atoms with Gasteiger partial charge < -0.3 is 10.1 Å². The van der Waals surface area contributed by atoms with Gasteiger partial charge >= 0.3 is 0 Å². The molecule has 156 valence electrons. The number of aryl methyl sites for hydroxylation is 2. The smallest absolute Gasteiger partial charge is 0.263 e. The third-order valence-corrected chi connectivity index (χ3v) is 6.52. The van der Waals surface area contributed by atoms with Crippen molar-refractivity contribution in [2.75, 3.05) is 17.1 Å². The molecular formula is C21H25ClN2O4S. The van der Waals surface area contributed by atoms with E-state index in [0.717, 1.165) is 17.4 Å². The van der Waals surface area contributed by atoms with Gasteiger partial charge in [0.25, 0.3) is 5.91 Å². The third-order valence-electron chi connectivity index (χ3n) is 5.14. The molecule has 29 heavy (non-hydrogen) atoms. The van der Waals surface area contributed by atoms with Crippen LogP contribution in [0.15, 0.2) is 36.4 Å². The van der Waals surface area contributed by atoms with Gasteiger partial charge in [-0.2, -0.15) is 0 Å². The fraction of sp³-hybridized carbons (Fsp3) is 0.381.